The third kappa shape index (κ3) is 6.08. The zero-order chi connectivity index (χ0) is 22.6. The van der Waals surface area contributed by atoms with Gasteiger partial charge in [-0.2, -0.15) is 0 Å². The number of thioether (sulfide) groups is 1. The van der Waals surface area contributed by atoms with Crippen molar-refractivity contribution in [3.63, 3.8) is 0 Å². The number of ether oxygens (including phenoxy) is 1. The van der Waals surface area contributed by atoms with E-state index in [1.807, 2.05) is 11.6 Å². The van der Waals surface area contributed by atoms with Gasteiger partial charge < -0.3 is 14.6 Å². The largest absolute Gasteiger partial charge is 0.383 e. The first-order valence-electron chi connectivity index (χ1n) is 10.4. The van der Waals surface area contributed by atoms with Gasteiger partial charge in [-0.25, -0.2) is 4.79 Å². The van der Waals surface area contributed by atoms with Crippen molar-refractivity contribution < 1.29 is 14.3 Å². The van der Waals surface area contributed by atoms with Crippen LogP contribution in [-0.2, 0) is 29.4 Å². The molecule has 8 nitrogen and oxygen atoms in total. The molecule has 3 rings (SSSR count). The fourth-order valence-electron chi connectivity index (χ4n) is 3.63. The molecule has 0 spiro atoms. The first-order chi connectivity index (χ1) is 14.7. The van der Waals surface area contributed by atoms with Crippen LogP contribution in [-0.4, -0.2) is 52.7 Å². The molecule has 3 amide bonds. The second-order valence-electron chi connectivity index (χ2n) is 8.82. The van der Waals surface area contributed by atoms with E-state index >= 15 is 0 Å². The SMILES string of the molecule is COCCNC(=O)NC(=O)CSc1nnc(-c2cc3c(s2)CCC(C(C)(C)C)C3)n1C. The summed E-state index contributed by atoms with van der Waals surface area (Å²) in [6.45, 7) is 7.70. The van der Waals surface area contributed by atoms with Gasteiger partial charge in [-0.3, -0.25) is 10.1 Å². The lowest BCUT2D eigenvalue weighted by atomic mass is 9.72. The molecule has 10 heteroatoms. The van der Waals surface area contributed by atoms with Gasteiger partial charge in [0.1, 0.15) is 0 Å². The lowest BCUT2D eigenvalue weighted by Gasteiger charge is -2.33. The number of amides is 3. The molecule has 0 saturated carbocycles. The molecule has 1 atom stereocenters. The van der Waals surface area contributed by atoms with Gasteiger partial charge in [-0.05, 0) is 42.2 Å². The summed E-state index contributed by atoms with van der Waals surface area (Å²) < 4.78 is 6.76. The van der Waals surface area contributed by atoms with Crippen molar-refractivity contribution in [2.24, 2.45) is 18.4 Å². The van der Waals surface area contributed by atoms with Crippen LogP contribution < -0.4 is 10.6 Å². The summed E-state index contributed by atoms with van der Waals surface area (Å²) in [5.41, 5.74) is 1.75. The maximum Gasteiger partial charge on any atom is 0.321 e. The standard InChI is InChI=1S/C21H31N5O3S2/c1-21(2,3)14-6-7-15-13(10-14)11-16(31-15)18-24-25-20(26(18)4)30-12-17(27)23-19(28)22-8-9-29-5/h11,14H,6-10,12H2,1-5H3,(H2,22,23,27,28). The smallest absolute Gasteiger partial charge is 0.321 e. The number of imide groups is 1. The number of fused-ring (bicyclic) bond motifs is 1. The van der Waals surface area contributed by atoms with Crippen LogP contribution in [0.5, 0.6) is 0 Å². The van der Waals surface area contributed by atoms with E-state index in [1.165, 1.54) is 28.6 Å². The Bertz CT molecular complexity index is 932. The average Bonchev–Trinajstić information content (AvgIpc) is 3.28. The summed E-state index contributed by atoms with van der Waals surface area (Å²) in [6.07, 6.45) is 3.46. The highest BCUT2D eigenvalue weighted by Gasteiger charge is 2.30. The summed E-state index contributed by atoms with van der Waals surface area (Å²) in [6, 6.07) is 1.73. The molecular formula is C21H31N5O3S2. The third-order valence-corrected chi connectivity index (χ3v) is 7.79. The number of rotatable bonds is 7. The summed E-state index contributed by atoms with van der Waals surface area (Å²) in [7, 11) is 3.45. The minimum atomic E-state index is -0.529. The van der Waals surface area contributed by atoms with E-state index in [9.17, 15) is 9.59 Å². The number of aromatic nitrogens is 3. The lowest BCUT2D eigenvalue weighted by Crippen LogP contribution is -2.41. The molecule has 0 aliphatic heterocycles. The lowest BCUT2D eigenvalue weighted by molar-refractivity contribution is -0.117. The van der Waals surface area contributed by atoms with E-state index in [4.69, 9.17) is 4.74 Å². The molecule has 2 heterocycles. The summed E-state index contributed by atoms with van der Waals surface area (Å²) in [5, 5.41) is 14.1. The first-order valence-corrected chi connectivity index (χ1v) is 12.2. The van der Waals surface area contributed by atoms with E-state index in [0.29, 0.717) is 29.6 Å². The highest BCUT2D eigenvalue weighted by molar-refractivity contribution is 7.99. The number of carbonyl (C=O) groups is 2. The molecule has 2 aromatic rings. The molecule has 31 heavy (non-hydrogen) atoms. The van der Waals surface area contributed by atoms with Gasteiger partial charge in [0.05, 0.1) is 17.2 Å². The van der Waals surface area contributed by atoms with E-state index < -0.39 is 6.03 Å². The Morgan fingerprint density at radius 1 is 1.35 bits per heavy atom. The number of aryl methyl sites for hydroxylation is 1. The maximum atomic E-state index is 12.0. The van der Waals surface area contributed by atoms with Gasteiger partial charge in [-0.1, -0.05) is 32.5 Å². The molecule has 0 aromatic carbocycles. The highest BCUT2D eigenvalue weighted by atomic mass is 32.2. The molecule has 1 aliphatic rings. The Morgan fingerprint density at radius 2 is 2.13 bits per heavy atom. The van der Waals surface area contributed by atoms with Crippen molar-refractivity contribution in [1.82, 2.24) is 25.4 Å². The molecule has 0 saturated heterocycles. The van der Waals surface area contributed by atoms with Crippen LogP contribution in [0.15, 0.2) is 11.2 Å². The van der Waals surface area contributed by atoms with Crippen LogP contribution >= 0.6 is 23.1 Å². The van der Waals surface area contributed by atoms with E-state index in [2.05, 4.69) is 47.7 Å². The number of methoxy groups -OCH3 is 1. The molecular weight excluding hydrogens is 434 g/mol. The van der Waals surface area contributed by atoms with Crippen LogP contribution in [0.2, 0.25) is 0 Å². The van der Waals surface area contributed by atoms with Gasteiger partial charge in [0.2, 0.25) is 5.91 Å². The molecule has 2 aromatic heterocycles. The second kappa shape index (κ2) is 10.1. The van der Waals surface area contributed by atoms with Crippen molar-refractivity contribution in [1.29, 1.82) is 0 Å². The highest BCUT2D eigenvalue weighted by Crippen LogP contribution is 2.42. The number of carbonyl (C=O) groups excluding carboxylic acids is 2. The van der Waals surface area contributed by atoms with Gasteiger partial charge >= 0.3 is 6.03 Å². The zero-order valence-corrected chi connectivity index (χ0v) is 20.4. The number of nitrogens with zero attached hydrogens (tertiary/aromatic N) is 3. The Labute approximate surface area is 191 Å². The van der Waals surface area contributed by atoms with Crippen LogP contribution in [0.1, 0.15) is 37.6 Å². The monoisotopic (exact) mass is 465 g/mol. The topological polar surface area (TPSA) is 98.1 Å². The number of hydrogen-bond acceptors (Lipinski definition) is 7. The third-order valence-electron chi connectivity index (χ3n) is 5.54. The van der Waals surface area contributed by atoms with Crippen LogP contribution in [0.25, 0.3) is 10.7 Å². The summed E-state index contributed by atoms with van der Waals surface area (Å²) in [5.74, 6) is 1.20. The Morgan fingerprint density at radius 3 is 2.84 bits per heavy atom. The van der Waals surface area contributed by atoms with Crippen molar-refractivity contribution in [2.45, 2.75) is 45.2 Å². The number of urea groups is 1. The fourth-order valence-corrected chi connectivity index (χ4v) is 5.57. The number of hydrogen-bond donors (Lipinski definition) is 2. The quantitative estimate of drug-likeness (QED) is 0.481. The summed E-state index contributed by atoms with van der Waals surface area (Å²) in [4.78, 5) is 26.2. The molecule has 170 valence electrons. The van der Waals surface area contributed by atoms with Crippen LogP contribution in [0, 0.1) is 11.3 Å². The fraction of sp³-hybridized carbons (Fsp3) is 0.619. The Hall–Kier alpha value is -1.91. The molecule has 0 radical (unpaired) electrons. The van der Waals surface area contributed by atoms with Gasteiger partial charge in [-0.15, -0.1) is 21.5 Å². The van der Waals surface area contributed by atoms with Gasteiger partial charge in [0.25, 0.3) is 0 Å². The van der Waals surface area contributed by atoms with E-state index in [-0.39, 0.29) is 11.7 Å². The predicted molar refractivity (Wildman–Crippen MR) is 123 cm³/mol. The zero-order valence-electron chi connectivity index (χ0n) is 18.8. The van der Waals surface area contributed by atoms with Crippen molar-refractivity contribution >= 4 is 35.0 Å². The minimum Gasteiger partial charge on any atom is -0.383 e. The maximum absolute atomic E-state index is 12.0. The molecule has 2 N–H and O–H groups in total. The first kappa shape index (κ1) is 23.7. The number of thiophene rings is 1. The Kier molecular flexibility index (Phi) is 7.77. The normalized spacial score (nSPS) is 16.1. The van der Waals surface area contributed by atoms with Gasteiger partial charge in [0.15, 0.2) is 11.0 Å². The van der Waals surface area contributed by atoms with Gasteiger partial charge in [0, 0.05) is 25.6 Å². The van der Waals surface area contributed by atoms with Crippen molar-refractivity contribution in [2.75, 3.05) is 26.0 Å². The van der Waals surface area contributed by atoms with Crippen LogP contribution in [0.4, 0.5) is 4.79 Å². The van der Waals surface area contributed by atoms with Crippen molar-refractivity contribution in [3.8, 4) is 10.7 Å². The molecule has 0 bridgehead atoms. The Balaban J connectivity index is 1.59. The average molecular weight is 466 g/mol. The number of nitrogens with one attached hydrogen (secondary N) is 2. The molecule has 0 fully saturated rings. The predicted octanol–water partition coefficient (Wildman–Crippen LogP) is 3.26. The molecule has 1 aliphatic carbocycles. The van der Waals surface area contributed by atoms with E-state index in [1.54, 1.807) is 18.4 Å². The minimum absolute atomic E-state index is 0.0812. The second-order valence-corrected chi connectivity index (χ2v) is 10.9. The van der Waals surface area contributed by atoms with Crippen LogP contribution in [0.3, 0.4) is 0 Å². The van der Waals surface area contributed by atoms with E-state index in [0.717, 1.165) is 23.5 Å². The molecule has 1 unspecified atom stereocenters. The van der Waals surface area contributed by atoms with Crippen molar-refractivity contribution in [3.05, 3.63) is 16.5 Å². The summed E-state index contributed by atoms with van der Waals surface area (Å²) >= 11 is 3.05.